The number of hydrogen-bond acceptors (Lipinski definition) is 3. The maximum atomic E-state index is 13.1. The van der Waals surface area contributed by atoms with Gasteiger partial charge in [0.1, 0.15) is 5.82 Å². The van der Waals surface area contributed by atoms with E-state index in [1.54, 1.807) is 12.1 Å². The lowest BCUT2D eigenvalue weighted by molar-refractivity contribution is 0.0717. The Morgan fingerprint density at radius 1 is 0.966 bits per heavy atom. The van der Waals surface area contributed by atoms with Gasteiger partial charge in [-0.15, -0.1) is 0 Å². The molecule has 1 saturated heterocycles. The topological polar surface area (TPSA) is 40.6 Å². The highest BCUT2D eigenvalue weighted by atomic mass is 19.1. The first kappa shape index (κ1) is 19.8. The molecule has 0 saturated carbocycles. The SMILES string of the molecule is O=C(c1ccc(F)cc1)C1CCN(CCN2CCCc3ccccc3C2=O)CC1. The number of likely N-dealkylation sites (tertiary alicyclic amines) is 1. The number of fused-ring (bicyclic) bond motifs is 1. The van der Waals surface area contributed by atoms with Crippen LogP contribution in [0.1, 0.15) is 45.5 Å². The summed E-state index contributed by atoms with van der Waals surface area (Å²) in [6, 6.07) is 13.8. The van der Waals surface area contributed by atoms with E-state index in [1.807, 2.05) is 23.1 Å². The molecule has 0 aromatic heterocycles. The number of carbonyl (C=O) groups excluding carboxylic acids is 2. The predicted molar refractivity (Wildman–Crippen MR) is 111 cm³/mol. The molecule has 2 aromatic carbocycles. The zero-order chi connectivity index (χ0) is 20.2. The molecule has 4 nitrogen and oxygen atoms in total. The molecule has 1 amide bonds. The first-order chi connectivity index (χ1) is 14.1. The summed E-state index contributed by atoms with van der Waals surface area (Å²) in [7, 11) is 0. The van der Waals surface area contributed by atoms with Crippen molar-refractivity contribution in [3.8, 4) is 0 Å². The summed E-state index contributed by atoms with van der Waals surface area (Å²) < 4.78 is 13.1. The van der Waals surface area contributed by atoms with Crippen LogP contribution in [0.25, 0.3) is 0 Å². The van der Waals surface area contributed by atoms with Gasteiger partial charge in [0, 0.05) is 36.7 Å². The van der Waals surface area contributed by atoms with Gasteiger partial charge < -0.3 is 9.80 Å². The lowest BCUT2D eigenvalue weighted by Crippen LogP contribution is -2.42. The van der Waals surface area contributed by atoms with Crippen LogP contribution in [-0.2, 0) is 6.42 Å². The second-order valence-electron chi connectivity index (χ2n) is 8.04. The highest BCUT2D eigenvalue weighted by Crippen LogP contribution is 2.23. The van der Waals surface area contributed by atoms with Crippen molar-refractivity contribution >= 4 is 11.7 Å². The van der Waals surface area contributed by atoms with E-state index in [1.165, 1.54) is 12.1 Å². The molecule has 2 aliphatic rings. The zero-order valence-electron chi connectivity index (χ0n) is 16.6. The van der Waals surface area contributed by atoms with Gasteiger partial charge in [0.25, 0.3) is 5.91 Å². The fourth-order valence-electron chi connectivity index (χ4n) is 4.42. The van der Waals surface area contributed by atoms with E-state index in [-0.39, 0.29) is 23.4 Å². The molecule has 0 atom stereocenters. The number of rotatable bonds is 5. The van der Waals surface area contributed by atoms with Crippen molar-refractivity contribution in [1.29, 1.82) is 0 Å². The Labute approximate surface area is 171 Å². The van der Waals surface area contributed by atoms with Crippen LogP contribution in [0, 0.1) is 11.7 Å². The molecule has 29 heavy (non-hydrogen) atoms. The molecule has 0 aliphatic carbocycles. The minimum atomic E-state index is -0.318. The van der Waals surface area contributed by atoms with Gasteiger partial charge in [-0.25, -0.2) is 4.39 Å². The number of Topliss-reactive ketones (excluding diaryl/α,β-unsaturated/α-hetero) is 1. The Kier molecular flexibility index (Phi) is 6.05. The number of hydrogen-bond donors (Lipinski definition) is 0. The van der Waals surface area contributed by atoms with Crippen LogP contribution in [0.5, 0.6) is 0 Å². The largest absolute Gasteiger partial charge is 0.337 e. The molecule has 0 spiro atoms. The molecule has 0 unspecified atom stereocenters. The molecule has 2 heterocycles. The summed E-state index contributed by atoms with van der Waals surface area (Å²) in [5.74, 6) is -0.0612. The van der Waals surface area contributed by atoms with E-state index in [0.717, 1.165) is 69.5 Å². The average molecular weight is 394 g/mol. The third-order valence-electron chi connectivity index (χ3n) is 6.18. The smallest absolute Gasteiger partial charge is 0.254 e. The van der Waals surface area contributed by atoms with Crippen molar-refractivity contribution in [1.82, 2.24) is 9.80 Å². The van der Waals surface area contributed by atoms with Crippen LogP contribution in [0.4, 0.5) is 4.39 Å². The number of piperidine rings is 1. The fraction of sp³-hybridized carbons (Fsp3) is 0.417. The first-order valence-corrected chi connectivity index (χ1v) is 10.5. The first-order valence-electron chi connectivity index (χ1n) is 10.5. The summed E-state index contributed by atoms with van der Waals surface area (Å²) in [6.07, 6.45) is 3.58. The minimum absolute atomic E-state index is 0.00315. The summed E-state index contributed by atoms with van der Waals surface area (Å²) in [6.45, 7) is 4.08. The molecule has 5 heteroatoms. The molecule has 0 radical (unpaired) electrons. The number of aryl methyl sites for hydroxylation is 1. The van der Waals surface area contributed by atoms with E-state index in [4.69, 9.17) is 0 Å². The molecular formula is C24H27FN2O2. The van der Waals surface area contributed by atoms with Gasteiger partial charge in [-0.05, 0) is 74.7 Å². The zero-order valence-corrected chi connectivity index (χ0v) is 16.6. The van der Waals surface area contributed by atoms with E-state index < -0.39 is 0 Å². The minimum Gasteiger partial charge on any atom is -0.337 e. The van der Waals surface area contributed by atoms with Crippen molar-refractivity contribution in [2.24, 2.45) is 5.92 Å². The lowest BCUT2D eigenvalue weighted by atomic mass is 9.89. The van der Waals surface area contributed by atoms with Gasteiger partial charge in [-0.3, -0.25) is 9.59 Å². The Balaban J connectivity index is 1.28. The second kappa shape index (κ2) is 8.87. The van der Waals surface area contributed by atoms with Crippen LogP contribution in [0.2, 0.25) is 0 Å². The van der Waals surface area contributed by atoms with Gasteiger partial charge in [-0.2, -0.15) is 0 Å². The number of nitrogens with zero attached hydrogens (tertiary/aromatic N) is 2. The van der Waals surface area contributed by atoms with Crippen LogP contribution in [-0.4, -0.2) is 54.2 Å². The molecule has 1 fully saturated rings. The van der Waals surface area contributed by atoms with Gasteiger partial charge in [0.05, 0.1) is 0 Å². The summed E-state index contributed by atoms with van der Waals surface area (Å²) >= 11 is 0. The highest BCUT2D eigenvalue weighted by Gasteiger charge is 2.27. The summed E-state index contributed by atoms with van der Waals surface area (Å²) in [5, 5.41) is 0. The predicted octanol–water partition coefficient (Wildman–Crippen LogP) is 3.81. The quantitative estimate of drug-likeness (QED) is 0.724. The van der Waals surface area contributed by atoms with Crippen molar-refractivity contribution < 1.29 is 14.0 Å². The standard InChI is InChI=1S/C24H27FN2O2/c25-21-9-7-19(8-10-21)23(28)20-11-14-26(15-12-20)16-17-27-13-3-5-18-4-1-2-6-22(18)24(27)29/h1-2,4,6-10,20H,3,5,11-17H2. The van der Waals surface area contributed by atoms with Gasteiger partial charge in [0.2, 0.25) is 0 Å². The van der Waals surface area contributed by atoms with Crippen LogP contribution in [0.3, 0.4) is 0 Å². The number of halogens is 1. The Hall–Kier alpha value is -2.53. The summed E-state index contributed by atoms with van der Waals surface area (Å²) in [5.41, 5.74) is 2.59. The maximum Gasteiger partial charge on any atom is 0.254 e. The van der Waals surface area contributed by atoms with Gasteiger partial charge >= 0.3 is 0 Å². The molecule has 2 aromatic rings. The maximum absolute atomic E-state index is 13.1. The van der Waals surface area contributed by atoms with E-state index in [2.05, 4.69) is 11.0 Å². The van der Waals surface area contributed by atoms with Crippen molar-refractivity contribution in [3.05, 3.63) is 71.0 Å². The van der Waals surface area contributed by atoms with Gasteiger partial charge in [-0.1, -0.05) is 18.2 Å². The van der Waals surface area contributed by atoms with Crippen molar-refractivity contribution in [3.63, 3.8) is 0 Å². The highest BCUT2D eigenvalue weighted by molar-refractivity contribution is 5.98. The molecule has 0 bridgehead atoms. The Morgan fingerprint density at radius 2 is 1.69 bits per heavy atom. The fourth-order valence-corrected chi connectivity index (χ4v) is 4.42. The van der Waals surface area contributed by atoms with Crippen LogP contribution in [0.15, 0.2) is 48.5 Å². The Bertz CT molecular complexity index is 873. The molecule has 152 valence electrons. The normalized spacial score (nSPS) is 18.4. The number of amides is 1. The number of ketones is 1. The number of carbonyl (C=O) groups is 2. The van der Waals surface area contributed by atoms with Crippen LogP contribution >= 0.6 is 0 Å². The average Bonchev–Trinajstić information content (AvgIpc) is 2.92. The summed E-state index contributed by atoms with van der Waals surface area (Å²) in [4.78, 5) is 29.8. The van der Waals surface area contributed by atoms with Crippen LogP contribution < -0.4 is 0 Å². The van der Waals surface area contributed by atoms with E-state index >= 15 is 0 Å². The lowest BCUT2D eigenvalue weighted by Gasteiger charge is -2.33. The van der Waals surface area contributed by atoms with Gasteiger partial charge in [0.15, 0.2) is 5.78 Å². The monoisotopic (exact) mass is 394 g/mol. The second-order valence-corrected chi connectivity index (χ2v) is 8.04. The third-order valence-corrected chi connectivity index (χ3v) is 6.18. The third kappa shape index (κ3) is 4.56. The molecule has 2 aliphatic heterocycles. The Morgan fingerprint density at radius 3 is 2.45 bits per heavy atom. The molecule has 0 N–H and O–H groups in total. The number of benzene rings is 2. The van der Waals surface area contributed by atoms with E-state index in [0.29, 0.717) is 5.56 Å². The van der Waals surface area contributed by atoms with Crippen molar-refractivity contribution in [2.45, 2.75) is 25.7 Å². The molecular weight excluding hydrogens is 367 g/mol. The van der Waals surface area contributed by atoms with E-state index in [9.17, 15) is 14.0 Å². The van der Waals surface area contributed by atoms with Crippen molar-refractivity contribution in [2.75, 3.05) is 32.7 Å². The molecule has 4 rings (SSSR count).